The maximum atomic E-state index is 12.4. The van der Waals surface area contributed by atoms with Crippen LogP contribution in [0.2, 0.25) is 0 Å². The summed E-state index contributed by atoms with van der Waals surface area (Å²) in [6.07, 6.45) is 8.48. The Labute approximate surface area is 122 Å². The monoisotopic (exact) mass is 288 g/mol. The average molecular weight is 288 g/mol. The molecule has 0 aliphatic rings. The van der Waals surface area contributed by atoms with Crippen molar-refractivity contribution in [3.05, 3.63) is 48.0 Å². The van der Waals surface area contributed by atoms with Crippen LogP contribution in [0.4, 0.5) is 0 Å². The van der Waals surface area contributed by atoms with Gasteiger partial charge in [-0.1, -0.05) is 11.8 Å². The van der Waals surface area contributed by atoms with Crippen LogP contribution in [-0.2, 0) is 0 Å². The Balaban J connectivity index is 2.15. The van der Waals surface area contributed by atoms with Crippen molar-refractivity contribution in [1.82, 2.24) is 19.9 Å². The first-order valence-corrected chi connectivity index (χ1v) is 7.39. The molecule has 0 N–H and O–H groups in total. The number of thioether (sulfide) groups is 1. The standard InChI is InChI=1S/C14H16N4OS/c1-10(11-4-6-15-7-5-11)18(2)13(19)12-8-16-14(20-3)17-9-12/h4-10H,1-3H3/t10-/m0/s1. The van der Waals surface area contributed by atoms with Gasteiger partial charge in [-0.3, -0.25) is 9.78 Å². The van der Waals surface area contributed by atoms with Crippen LogP contribution in [0, 0.1) is 0 Å². The molecule has 0 saturated heterocycles. The number of pyridine rings is 1. The van der Waals surface area contributed by atoms with Gasteiger partial charge in [0.15, 0.2) is 5.16 Å². The summed E-state index contributed by atoms with van der Waals surface area (Å²) in [5.74, 6) is -0.0954. The van der Waals surface area contributed by atoms with Crippen LogP contribution >= 0.6 is 11.8 Å². The molecule has 0 saturated carbocycles. The zero-order valence-electron chi connectivity index (χ0n) is 11.6. The van der Waals surface area contributed by atoms with Gasteiger partial charge in [0, 0.05) is 31.8 Å². The van der Waals surface area contributed by atoms with Crippen LogP contribution in [0.1, 0.15) is 28.9 Å². The third-order valence-electron chi connectivity index (χ3n) is 3.15. The van der Waals surface area contributed by atoms with Gasteiger partial charge in [-0.15, -0.1) is 0 Å². The summed E-state index contributed by atoms with van der Waals surface area (Å²) in [4.78, 5) is 26.3. The number of hydrogen-bond acceptors (Lipinski definition) is 5. The maximum absolute atomic E-state index is 12.4. The fourth-order valence-electron chi connectivity index (χ4n) is 1.78. The second kappa shape index (κ2) is 6.47. The summed E-state index contributed by atoms with van der Waals surface area (Å²) in [6, 6.07) is 3.77. The highest BCUT2D eigenvalue weighted by Crippen LogP contribution is 2.19. The van der Waals surface area contributed by atoms with E-state index in [4.69, 9.17) is 0 Å². The molecule has 0 radical (unpaired) electrons. The lowest BCUT2D eigenvalue weighted by atomic mass is 10.1. The highest BCUT2D eigenvalue weighted by Gasteiger charge is 2.19. The number of nitrogens with zero attached hydrogens (tertiary/aromatic N) is 4. The van der Waals surface area contributed by atoms with E-state index >= 15 is 0 Å². The normalized spacial score (nSPS) is 11.9. The second-order valence-electron chi connectivity index (χ2n) is 4.33. The zero-order valence-corrected chi connectivity index (χ0v) is 12.5. The second-order valence-corrected chi connectivity index (χ2v) is 5.10. The minimum Gasteiger partial charge on any atom is -0.335 e. The number of carbonyl (C=O) groups is 1. The van der Waals surface area contributed by atoms with Crippen LogP contribution in [0.15, 0.2) is 42.1 Å². The van der Waals surface area contributed by atoms with E-state index in [9.17, 15) is 4.79 Å². The van der Waals surface area contributed by atoms with E-state index in [0.717, 1.165) is 5.56 Å². The molecule has 6 heteroatoms. The van der Waals surface area contributed by atoms with Crippen LogP contribution in [0.5, 0.6) is 0 Å². The first-order chi connectivity index (χ1) is 9.63. The molecule has 104 valence electrons. The van der Waals surface area contributed by atoms with Crippen LogP contribution in [0.25, 0.3) is 0 Å². The smallest absolute Gasteiger partial charge is 0.257 e. The molecule has 2 aromatic rings. The predicted octanol–water partition coefficient (Wildman–Crippen LogP) is 2.43. The van der Waals surface area contributed by atoms with Gasteiger partial charge in [0.1, 0.15) is 0 Å². The first kappa shape index (κ1) is 14.5. The maximum Gasteiger partial charge on any atom is 0.257 e. The molecule has 2 rings (SSSR count). The van der Waals surface area contributed by atoms with Crippen molar-refractivity contribution in [3.63, 3.8) is 0 Å². The van der Waals surface area contributed by atoms with Crippen molar-refractivity contribution in [2.24, 2.45) is 0 Å². The van der Waals surface area contributed by atoms with Gasteiger partial charge in [0.2, 0.25) is 0 Å². The van der Waals surface area contributed by atoms with Crippen LogP contribution < -0.4 is 0 Å². The molecular formula is C14H16N4OS. The van der Waals surface area contributed by atoms with Gasteiger partial charge in [0.25, 0.3) is 5.91 Å². The molecule has 0 aliphatic heterocycles. The molecule has 0 fully saturated rings. The predicted molar refractivity (Wildman–Crippen MR) is 78.6 cm³/mol. The van der Waals surface area contributed by atoms with E-state index in [-0.39, 0.29) is 11.9 Å². The summed E-state index contributed by atoms with van der Waals surface area (Å²) in [7, 11) is 1.77. The molecule has 0 aromatic carbocycles. The van der Waals surface area contributed by atoms with Crippen LogP contribution in [-0.4, -0.2) is 39.1 Å². The van der Waals surface area contributed by atoms with Crippen molar-refractivity contribution < 1.29 is 4.79 Å². The van der Waals surface area contributed by atoms with E-state index in [1.54, 1.807) is 36.7 Å². The zero-order chi connectivity index (χ0) is 14.5. The molecule has 5 nitrogen and oxygen atoms in total. The number of aromatic nitrogens is 3. The quantitative estimate of drug-likeness (QED) is 0.639. The van der Waals surface area contributed by atoms with E-state index in [1.807, 2.05) is 25.3 Å². The fraction of sp³-hybridized carbons (Fsp3) is 0.286. The first-order valence-electron chi connectivity index (χ1n) is 6.16. The molecule has 1 amide bonds. The van der Waals surface area contributed by atoms with Crippen molar-refractivity contribution in [2.75, 3.05) is 13.3 Å². The van der Waals surface area contributed by atoms with Gasteiger partial charge >= 0.3 is 0 Å². The molecular weight excluding hydrogens is 272 g/mol. The average Bonchev–Trinajstić information content (AvgIpc) is 2.53. The Hall–Kier alpha value is -1.95. The van der Waals surface area contributed by atoms with Gasteiger partial charge < -0.3 is 4.90 Å². The summed E-state index contributed by atoms with van der Waals surface area (Å²) in [5.41, 5.74) is 1.53. The highest BCUT2D eigenvalue weighted by atomic mass is 32.2. The van der Waals surface area contributed by atoms with Crippen molar-refractivity contribution in [2.45, 2.75) is 18.1 Å². The largest absolute Gasteiger partial charge is 0.335 e. The summed E-state index contributed by atoms with van der Waals surface area (Å²) >= 11 is 1.45. The minimum atomic E-state index is -0.0954. The fourth-order valence-corrected chi connectivity index (χ4v) is 2.09. The lowest BCUT2D eigenvalue weighted by molar-refractivity contribution is 0.0741. The SMILES string of the molecule is CSc1ncc(C(=O)N(C)[C@@H](C)c2ccncc2)cn1. The molecule has 0 spiro atoms. The summed E-state index contributed by atoms with van der Waals surface area (Å²) < 4.78 is 0. The van der Waals surface area contributed by atoms with Gasteiger partial charge in [-0.05, 0) is 30.9 Å². The van der Waals surface area contributed by atoms with E-state index in [2.05, 4.69) is 15.0 Å². The summed E-state index contributed by atoms with van der Waals surface area (Å²) in [5, 5.41) is 0.659. The van der Waals surface area contributed by atoms with Crippen molar-refractivity contribution in [1.29, 1.82) is 0 Å². The van der Waals surface area contributed by atoms with E-state index in [0.29, 0.717) is 10.7 Å². The summed E-state index contributed by atoms with van der Waals surface area (Å²) in [6.45, 7) is 1.98. The lowest BCUT2D eigenvalue weighted by Gasteiger charge is -2.25. The van der Waals surface area contributed by atoms with Gasteiger partial charge in [-0.2, -0.15) is 0 Å². The van der Waals surface area contributed by atoms with Gasteiger partial charge in [-0.25, -0.2) is 9.97 Å². The number of rotatable bonds is 4. The van der Waals surface area contributed by atoms with Gasteiger partial charge in [0.05, 0.1) is 11.6 Å². The Morgan fingerprint density at radius 2 is 1.85 bits per heavy atom. The van der Waals surface area contributed by atoms with E-state index in [1.165, 1.54) is 11.8 Å². The molecule has 20 heavy (non-hydrogen) atoms. The Morgan fingerprint density at radius 3 is 2.40 bits per heavy atom. The molecule has 0 bridgehead atoms. The number of carbonyl (C=O) groups excluding carboxylic acids is 1. The highest BCUT2D eigenvalue weighted by molar-refractivity contribution is 7.98. The Morgan fingerprint density at radius 1 is 1.25 bits per heavy atom. The molecule has 0 aliphatic carbocycles. The third-order valence-corrected chi connectivity index (χ3v) is 3.72. The molecule has 1 atom stereocenters. The number of hydrogen-bond donors (Lipinski definition) is 0. The minimum absolute atomic E-state index is 0.0364. The van der Waals surface area contributed by atoms with Crippen molar-refractivity contribution >= 4 is 17.7 Å². The van der Waals surface area contributed by atoms with Crippen LogP contribution in [0.3, 0.4) is 0 Å². The topological polar surface area (TPSA) is 59.0 Å². The van der Waals surface area contributed by atoms with E-state index < -0.39 is 0 Å². The Bertz CT molecular complexity index is 573. The van der Waals surface area contributed by atoms with Crippen molar-refractivity contribution in [3.8, 4) is 0 Å². The molecule has 0 unspecified atom stereocenters. The number of amides is 1. The third kappa shape index (κ3) is 3.14. The Kier molecular flexibility index (Phi) is 4.68. The molecule has 2 heterocycles. The molecule has 2 aromatic heterocycles. The lowest BCUT2D eigenvalue weighted by Crippen LogP contribution is -2.29.